The number of rotatable bonds is 5. The molecule has 0 aromatic heterocycles. The lowest BCUT2D eigenvalue weighted by Gasteiger charge is -2.12. The van der Waals surface area contributed by atoms with E-state index >= 15 is 0 Å². The number of non-ortho nitro benzene ring substituents is 1. The molecule has 2 rings (SSSR count). The van der Waals surface area contributed by atoms with E-state index in [2.05, 4.69) is 5.32 Å². The van der Waals surface area contributed by atoms with Gasteiger partial charge in [0.05, 0.1) is 35.4 Å². The zero-order valence-electron chi connectivity index (χ0n) is 12.3. The summed E-state index contributed by atoms with van der Waals surface area (Å²) in [4.78, 5) is 22.5. The van der Waals surface area contributed by atoms with Crippen molar-refractivity contribution in [2.75, 3.05) is 19.5 Å². The van der Waals surface area contributed by atoms with Crippen molar-refractivity contribution in [3.63, 3.8) is 0 Å². The normalized spacial score (nSPS) is 10.0. The van der Waals surface area contributed by atoms with Crippen LogP contribution >= 0.6 is 11.6 Å². The lowest BCUT2D eigenvalue weighted by molar-refractivity contribution is -0.384. The maximum atomic E-state index is 12.3. The van der Waals surface area contributed by atoms with Crippen molar-refractivity contribution in [2.24, 2.45) is 0 Å². The molecule has 23 heavy (non-hydrogen) atoms. The predicted molar refractivity (Wildman–Crippen MR) is 85.6 cm³/mol. The highest BCUT2D eigenvalue weighted by Crippen LogP contribution is 2.30. The van der Waals surface area contributed by atoms with Gasteiger partial charge in [-0.05, 0) is 18.2 Å². The van der Waals surface area contributed by atoms with Gasteiger partial charge in [-0.25, -0.2) is 0 Å². The van der Waals surface area contributed by atoms with Crippen molar-refractivity contribution in [1.82, 2.24) is 0 Å². The van der Waals surface area contributed by atoms with Crippen LogP contribution in [0.1, 0.15) is 10.4 Å². The number of nitro benzene ring substituents is 1. The third-order valence-corrected chi connectivity index (χ3v) is 3.39. The van der Waals surface area contributed by atoms with Crippen molar-refractivity contribution in [1.29, 1.82) is 0 Å². The van der Waals surface area contributed by atoms with E-state index in [0.29, 0.717) is 17.2 Å². The summed E-state index contributed by atoms with van der Waals surface area (Å²) < 4.78 is 10.3. The standard InChI is InChI=1S/C15H13ClN2O5/c1-22-10-4-6-13(14(8-10)23-2)17-15(19)11-7-9(18(20)21)3-5-12(11)16/h3-8H,1-2H3,(H,17,19). The van der Waals surface area contributed by atoms with Crippen LogP contribution in [0.15, 0.2) is 36.4 Å². The zero-order chi connectivity index (χ0) is 17.0. The first kappa shape index (κ1) is 16.6. The number of amides is 1. The summed E-state index contributed by atoms with van der Waals surface area (Å²) >= 11 is 5.95. The number of hydrogen-bond acceptors (Lipinski definition) is 5. The molecule has 1 N–H and O–H groups in total. The number of carbonyl (C=O) groups is 1. The van der Waals surface area contributed by atoms with Crippen molar-refractivity contribution < 1.29 is 19.2 Å². The van der Waals surface area contributed by atoms with Gasteiger partial charge in [-0.3, -0.25) is 14.9 Å². The molecular formula is C15H13ClN2O5. The number of halogens is 1. The average molecular weight is 337 g/mol. The zero-order valence-corrected chi connectivity index (χ0v) is 13.1. The van der Waals surface area contributed by atoms with Gasteiger partial charge in [-0.15, -0.1) is 0 Å². The third-order valence-electron chi connectivity index (χ3n) is 3.06. The summed E-state index contributed by atoms with van der Waals surface area (Å²) in [5, 5.41) is 13.5. The summed E-state index contributed by atoms with van der Waals surface area (Å²) in [5.41, 5.74) is 0.167. The van der Waals surface area contributed by atoms with Crippen molar-refractivity contribution in [3.8, 4) is 11.5 Å². The minimum absolute atomic E-state index is 0.00117. The number of hydrogen-bond donors (Lipinski definition) is 1. The van der Waals surface area contributed by atoms with Crippen molar-refractivity contribution >= 4 is 28.9 Å². The van der Waals surface area contributed by atoms with Crippen LogP contribution in [0, 0.1) is 10.1 Å². The van der Waals surface area contributed by atoms with E-state index < -0.39 is 10.8 Å². The fourth-order valence-electron chi connectivity index (χ4n) is 1.89. The average Bonchev–Trinajstić information content (AvgIpc) is 2.55. The van der Waals surface area contributed by atoms with Crippen LogP contribution < -0.4 is 14.8 Å². The molecule has 0 aliphatic heterocycles. The number of nitrogens with zero attached hydrogens (tertiary/aromatic N) is 1. The molecule has 0 unspecified atom stereocenters. The molecule has 0 heterocycles. The van der Waals surface area contributed by atoms with E-state index in [1.54, 1.807) is 18.2 Å². The number of ether oxygens (including phenoxy) is 2. The quantitative estimate of drug-likeness (QED) is 0.666. The Morgan fingerprint density at radius 1 is 1.17 bits per heavy atom. The fourth-order valence-corrected chi connectivity index (χ4v) is 2.10. The largest absolute Gasteiger partial charge is 0.497 e. The summed E-state index contributed by atoms with van der Waals surface area (Å²) in [5.74, 6) is 0.370. The predicted octanol–water partition coefficient (Wildman–Crippen LogP) is 3.52. The lowest BCUT2D eigenvalue weighted by Crippen LogP contribution is -2.13. The van der Waals surface area contributed by atoms with Gasteiger partial charge in [-0.1, -0.05) is 11.6 Å². The number of methoxy groups -OCH3 is 2. The second kappa shape index (κ2) is 6.97. The molecule has 7 nitrogen and oxygen atoms in total. The fraction of sp³-hybridized carbons (Fsp3) is 0.133. The highest BCUT2D eigenvalue weighted by Gasteiger charge is 2.17. The molecule has 0 spiro atoms. The molecule has 8 heteroatoms. The molecule has 2 aromatic rings. The summed E-state index contributed by atoms with van der Waals surface area (Å²) in [6, 6.07) is 8.50. The van der Waals surface area contributed by atoms with Gasteiger partial charge in [0.15, 0.2) is 0 Å². The number of nitro groups is 1. The van der Waals surface area contributed by atoms with E-state index in [-0.39, 0.29) is 16.3 Å². The van der Waals surface area contributed by atoms with Crippen molar-refractivity contribution in [2.45, 2.75) is 0 Å². The van der Waals surface area contributed by atoms with E-state index in [9.17, 15) is 14.9 Å². The van der Waals surface area contributed by atoms with Gasteiger partial charge in [0, 0.05) is 18.2 Å². The van der Waals surface area contributed by atoms with Gasteiger partial charge in [0.2, 0.25) is 0 Å². The first-order valence-corrected chi connectivity index (χ1v) is 6.81. The third kappa shape index (κ3) is 3.70. The Morgan fingerprint density at radius 3 is 2.52 bits per heavy atom. The smallest absolute Gasteiger partial charge is 0.270 e. The second-order valence-electron chi connectivity index (χ2n) is 4.44. The Balaban J connectivity index is 2.32. The Hall–Kier alpha value is -2.80. The molecule has 1 amide bonds. The summed E-state index contributed by atoms with van der Waals surface area (Å²) in [7, 11) is 2.96. The van der Waals surface area contributed by atoms with Gasteiger partial charge in [0.25, 0.3) is 11.6 Å². The van der Waals surface area contributed by atoms with E-state index in [4.69, 9.17) is 21.1 Å². The first-order valence-electron chi connectivity index (χ1n) is 6.43. The van der Waals surface area contributed by atoms with Crippen molar-refractivity contribution in [3.05, 3.63) is 57.1 Å². The molecule has 0 saturated heterocycles. The number of nitrogens with one attached hydrogen (secondary N) is 1. The van der Waals surface area contributed by atoms with Crippen LogP contribution in [0.4, 0.5) is 11.4 Å². The second-order valence-corrected chi connectivity index (χ2v) is 4.85. The van der Waals surface area contributed by atoms with Crippen LogP contribution in [0.25, 0.3) is 0 Å². The van der Waals surface area contributed by atoms with Gasteiger partial charge >= 0.3 is 0 Å². The van der Waals surface area contributed by atoms with Crippen LogP contribution in [0.5, 0.6) is 11.5 Å². The summed E-state index contributed by atoms with van der Waals surface area (Å²) in [6.45, 7) is 0. The molecule has 0 aliphatic rings. The van der Waals surface area contributed by atoms with Crippen LogP contribution in [-0.4, -0.2) is 25.1 Å². The lowest BCUT2D eigenvalue weighted by atomic mass is 10.1. The Bertz CT molecular complexity index is 764. The van der Waals surface area contributed by atoms with Gasteiger partial charge in [0.1, 0.15) is 11.5 Å². The molecule has 0 atom stereocenters. The van der Waals surface area contributed by atoms with Crippen LogP contribution in [0.2, 0.25) is 5.02 Å². The Morgan fingerprint density at radius 2 is 1.91 bits per heavy atom. The van der Waals surface area contributed by atoms with E-state index in [1.807, 2.05) is 0 Å². The topological polar surface area (TPSA) is 90.7 Å². The molecular weight excluding hydrogens is 324 g/mol. The Labute approximate surface area is 136 Å². The van der Waals surface area contributed by atoms with Crippen LogP contribution in [0.3, 0.4) is 0 Å². The van der Waals surface area contributed by atoms with Gasteiger partial charge < -0.3 is 14.8 Å². The molecule has 0 bridgehead atoms. The SMILES string of the molecule is COc1ccc(NC(=O)c2cc([N+](=O)[O-])ccc2Cl)c(OC)c1. The number of benzene rings is 2. The highest BCUT2D eigenvalue weighted by molar-refractivity contribution is 6.34. The number of anilines is 1. The highest BCUT2D eigenvalue weighted by atomic mass is 35.5. The summed E-state index contributed by atoms with van der Waals surface area (Å²) in [6.07, 6.45) is 0. The monoisotopic (exact) mass is 336 g/mol. The number of carbonyl (C=O) groups excluding carboxylic acids is 1. The minimum Gasteiger partial charge on any atom is -0.497 e. The maximum Gasteiger partial charge on any atom is 0.270 e. The van der Waals surface area contributed by atoms with E-state index in [1.165, 1.54) is 26.4 Å². The molecule has 120 valence electrons. The molecule has 0 fully saturated rings. The van der Waals surface area contributed by atoms with Crippen LogP contribution in [-0.2, 0) is 0 Å². The molecule has 0 saturated carbocycles. The Kier molecular flexibility index (Phi) is 5.02. The first-order chi connectivity index (χ1) is 11.0. The van der Waals surface area contributed by atoms with E-state index in [0.717, 1.165) is 6.07 Å². The molecule has 0 aliphatic carbocycles. The molecule has 2 aromatic carbocycles. The maximum absolute atomic E-state index is 12.3. The van der Waals surface area contributed by atoms with Gasteiger partial charge in [-0.2, -0.15) is 0 Å². The minimum atomic E-state index is -0.596. The molecule has 0 radical (unpaired) electrons.